The number of allylic oxidation sites excluding steroid dienone is 3. The summed E-state index contributed by atoms with van der Waals surface area (Å²) in [5.74, 6) is -0.160. The van der Waals surface area contributed by atoms with Gasteiger partial charge >= 0.3 is 0 Å². The van der Waals surface area contributed by atoms with Gasteiger partial charge in [-0.2, -0.15) is 10.4 Å². The van der Waals surface area contributed by atoms with Crippen LogP contribution in [0, 0.1) is 23.1 Å². The van der Waals surface area contributed by atoms with E-state index in [1.165, 1.54) is 12.1 Å². The van der Waals surface area contributed by atoms with Gasteiger partial charge < -0.3 is 5.73 Å². The van der Waals surface area contributed by atoms with Gasteiger partial charge in [-0.3, -0.25) is 14.8 Å². The fraction of sp³-hybridized carbons (Fsp3) is 0.192. The number of nitrogens with zero attached hydrogens (tertiary/aromatic N) is 3. The molecule has 1 aromatic heterocycles. The van der Waals surface area contributed by atoms with Crippen molar-refractivity contribution >= 4 is 11.6 Å². The van der Waals surface area contributed by atoms with Crippen molar-refractivity contribution in [2.24, 2.45) is 11.7 Å². The molecule has 2 heterocycles. The minimum atomic E-state index is -0.630. The predicted octanol–water partition coefficient (Wildman–Crippen LogP) is 4.77. The first-order chi connectivity index (χ1) is 16.0. The van der Waals surface area contributed by atoms with Crippen molar-refractivity contribution in [2.45, 2.75) is 25.7 Å². The van der Waals surface area contributed by atoms with E-state index < -0.39 is 5.92 Å². The number of aromatic nitrogens is 2. The molecule has 0 bridgehead atoms. The molecule has 0 amide bonds. The molecule has 0 saturated heterocycles. The molecule has 0 radical (unpaired) electrons. The number of anilines is 1. The lowest BCUT2D eigenvalue weighted by molar-refractivity contribution is -0.117. The zero-order chi connectivity index (χ0) is 23.1. The molecule has 2 aliphatic rings. The lowest BCUT2D eigenvalue weighted by atomic mass is 9.73. The first-order valence-corrected chi connectivity index (χ1v) is 10.8. The molecule has 0 spiro atoms. The highest BCUT2D eigenvalue weighted by atomic mass is 19.1. The Bertz CT molecular complexity index is 1330. The number of carbonyl (C=O) groups excluding carboxylic acids is 1. The van der Waals surface area contributed by atoms with Crippen molar-refractivity contribution < 1.29 is 9.18 Å². The number of ketones is 1. The number of rotatable bonds is 3. The zero-order valence-electron chi connectivity index (χ0n) is 18.0. The lowest BCUT2D eigenvalue weighted by Crippen LogP contribution is -2.40. The van der Waals surface area contributed by atoms with Gasteiger partial charge in [0.1, 0.15) is 11.6 Å². The lowest BCUT2D eigenvalue weighted by Gasteiger charge is -2.40. The Morgan fingerprint density at radius 3 is 2.58 bits per heavy atom. The van der Waals surface area contributed by atoms with Crippen LogP contribution in [0.4, 0.5) is 10.2 Å². The van der Waals surface area contributed by atoms with Gasteiger partial charge in [0.25, 0.3) is 0 Å². The van der Waals surface area contributed by atoms with Gasteiger partial charge in [0, 0.05) is 23.8 Å². The summed E-state index contributed by atoms with van der Waals surface area (Å²) in [7, 11) is 0. The van der Waals surface area contributed by atoms with E-state index >= 15 is 0 Å². The Morgan fingerprint density at radius 2 is 1.88 bits per heavy atom. The minimum Gasteiger partial charge on any atom is -0.384 e. The molecule has 2 aromatic carbocycles. The van der Waals surface area contributed by atoms with Crippen LogP contribution in [0.3, 0.4) is 0 Å². The van der Waals surface area contributed by atoms with Crippen molar-refractivity contribution in [3.63, 3.8) is 0 Å². The molecular formula is C26H22FN5O. The van der Waals surface area contributed by atoms with Crippen LogP contribution < -0.4 is 10.6 Å². The number of hydrogen-bond donors (Lipinski definition) is 2. The van der Waals surface area contributed by atoms with Crippen molar-refractivity contribution in [1.82, 2.24) is 10.2 Å². The molecule has 2 atom stereocenters. The topological polar surface area (TPSA) is 98.8 Å². The number of benzene rings is 2. The van der Waals surface area contributed by atoms with Crippen LogP contribution in [0.2, 0.25) is 0 Å². The molecular weight excluding hydrogens is 417 g/mol. The molecule has 6 nitrogen and oxygen atoms in total. The number of nitriles is 1. The molecule has 2 unspecified atom stereocenters. The summed E-state index contributed by atoms with van der Waals surface area (Å²) in [4.78, 5) is 15.0. The Balaban J connectivity index is 1.69. The van der Waals surface area contributed by atoms with Crippen molar-refractivity contribution in [1.29, 1.82) is 5.26 Å². The molecule has 5 rings (SSSR count). The fourth-order valence-corrected chi connectivity index (χ4v) is 4.76. The number of aromatic amines is 1. The predicted molar refractivity (Wildman–Crippen MR) is 123 cm³/mol. The Kier molecular flexibility index (Phi) is 5.06. The first kappa shape index (κ1) is 20.7. The minimum absolute atomic E-state index is 0.0258. The SMILES string of the molecule is CC1CC(=O)C2=C(C1)N(c1cc(-c3ccccc3)[nH]n1)C(N)=C(C#N)C2c1ccc(F)cc1. The number of Topliss-reactive ketones (excluding diaryl/α,β-unsaturated/α-hetero) is 1. The number of H-pyrrole nitrogens is 1. The maximum Gasteiger partial charge on any atom is 0.161 e. The number of carbonyl (C=O) groups is 1. The Morgan fingerprint density at radius 1 is 1.15 bits per heavy atom. The number of nitrogens with two attached hydrogens (primary N) is 1. The van der Waals surface area contributed by atoms with Crippen LogP contribution in [0.1, 0.15) is 31.2 Å². The van der Waals surface area contributed by atoms with E-state index in [4.69, 9.17) is 5.73 Å². The van der Waals surface area contributed by atoms with Crippen LogP contribution in [-0.2, 0) is 4.79 Å². The molecule has 164 valence electrons. The first-order valence-electron chi connectivity index (χ1n) is 10.8. The molecule has 0 saturated carbocycles. The summed E-state index contributed by atoms with van der Waals surface area (Å²) >= 11 is 0. The van der Waals surface area contributed by atoms with E-state index in [1.807, 2.05) is 43.3 Å². The molecule has 3 aromatic rings. The molecule has 33 heavy (non-hydrogen) atoms. The number of hydrogen-bond acceptors (Lipinski definition) is 5. The van der Waals surface area contributed by atoms with Crippen LogP contribution in [0.15, 0.2) is 83.3 Å². The van der Waals surface area contributed by atoms with Crippen molar-refractivity contribution in [3.8, 4) is 17.3 Å². The Labute approximate surface area is 190 Å². The van der Waals surface area contributed by atoms with E-state index in [0.29, 0.717) is 29.8 Å². The van der Waals surface area contributed by atoms with Gasteiger partial charge in [-0.15, -0.1) is 0 Å². The quantitative estimate of drug-likeness (QED) is 0.613. The third-order valence-electron chi connectivity index (χ3n) is 6.25. The van der Waals surface area contributed by atoms with Crippen LogP contribution in [0.25, 0.3) is 11.3 Å². The van der Waals surface area contributed by atoms with Gasteiger partial charge in [-0.05, 0) is 35.6 Å². The maximum absolute atomic E-state index is 13.6. The summed E-state index contributed by atoms with van der Waals surface area (Å²) < 4.78 is 13.6. The maximum atomic E-state index is 13.6. The van der Waals surface area contributed by atoms with Gasteiger partial charge in [0.15, 0.2) is 11.6 Å². The third kappa shape index (κ3) is 3.50. The molecule has 0 fully saturated rings. The van der Waals surface area contributed by atoms with E-state index in [0.717, 1.165) is 17.0 Å². The van der Waals surface area contributed by atoms with Crippen molar-refractivity contribution in [3.05, 3.63) is 94.7 Å². The second-order valence-electron chi connectivity index (χ2n) is 8.53. The van der Waals surface area contributed by atoms with Gasteiger partial charge in [0.2, 0.25) is 0 Å². The summed E-state index contributed by atoms with van der Waals surface area (Å²) in [6, 6.07) is 19.7. The monoisotopic (exact) mass is 439 g/mol. The van der Waals surface area contributed by atoms with Gasteiger partial charge in [-0.25, -0.2) is 4.39 Å². The third-order valence-corrected chi connectivity index (χ3v) is 6.25. The Hall–Kier alpha value is -4.18. The number of nitrogens with one attached hydrogen (secondary N) is 1. The van der Waals surface area contributed by atoms with Crippen molar-refractivity contribution in [2.75, 3.05) is 4.90 Å². The average molecular weight is 439 g/mol. The number of halogens is 1. The smallest absolute Gasteiger partial charge is 0.161 e. The van der Waals surface area contributed by atoms with E-state index in [9.17, 15) is 14.4 Å². The molecule has 7 heteroatoms. The average Bonchev–Trinajstić information content (AvgIpc) is 3.29. The van der Waals surface area contributed by atoms with E-state index in [2.05, 4.69) is 16.3 Å². The normalized spacial score (nSPS) is 20.6. The molecule has 1 aliphatic carbocycles. The highest BCUT2D eigenvalue weighted by Crippen LogP contribution is 2.47. The molecule has 1 aliphatic heterocycles. The second-order valence-corrected chi connectivity index (χ2v) is 8.53. The highest BCUT2D eigenvalue weighted by molar-refractivity contribution is 6.01. The summed E-state index contributed by atoms with van der Waals surface area (Å²) in [6.45, 7) is 2.02. The fourth-order valence-electron chi connectivity index (χ4n) is 4.76. The van der Waals surface area contributed by atoms with Gasteiger partial charge in [-0.1, -0.05) is 49.4 Å². The van der Waals surface area contributed by atoms with E-state index in [1.54, 1.807) is 17.0 Å². The van der Waals surface area contributed by atoms with Crippen LogP contribution in [0.5, 0.6) is 0 Å². The summed E-state index contributed by atoms with van der Waals surface area (Å²) in [5.41, 5.74) is 10.5. The van der Waals surface area contributed by atoms with E-state index in [-0.39, 0.29) is 28.9 Å². The van der Waals surface area contributed by atoms with Crippen LogP contribution >= 0.6 is 0 Å². The summed E-state index contributed by atoms with van der Waals surface area (Å²) in [5, 5.41) is 17.6. The highest BCUT2D eigenvalue weighted by Gasteiger charge is 2.42. The zero-order valence-corrected chi connectivity index (χ0v) is 18.0. The standard InChI is InChI=1S/C26H22FN5O/c1-15-11-21-25(22(33)12-15)24(17-7-9-18(27)10-8-17)19(14-28)26(29)32(21)23-13-20(30-31-23)16-5-3-2-4-6-16/h2-10,13,15,24H,11-12,29H2,1H3,(H,30,31). The summed E-state index contributed by atoms with van der Waals surface area (Å²) in [6.07, 6.45) is 1.00. The van der Waals surface area contributed by atoms with Gasteiger partial charge in [0.05, 0.1) is 23.3 Å². The second kappa shape index (κ2) is 8.06. The van der Waals surface area contributed by atoms with Crippen LogP contribution in [-0.4, -0.2) is 16.0 Å². The molecule has 3 N–H and O–H groups in total. The largest absolute Gasteiger partial charge is 0.384 e.